The van der Waals surface area contributed by atoms with Crippen LogP contribution in [0.3, 0.4) is 0 Å². The van der Waals surface area contributed by atoms with Crippen molar-refractivity contribution in [3.05, 3.63) is 59.9 Å². The number of benzene rings is 1. The number of ether oxygens (including phenoxy) is 1. The number of carbonyl (C=O) groups is 2. The Morgan fingerprint density at radius 2 is 2.04 bits per heavy atom. The number of hydrogen-bond acceptors (Lipinski definition) is 4. The zero-order valence-electron chi connectivity index (χ0n) is 14.9. The third-order valence-electron chi connectivity index (χ3n) is 4.41. The van der Waals surface area contributed by atoms with Crippen LogP contribution in [0.15, 0.2) is 48.7 Å². The molecule has 6 nitrogen and oxygen atoms in total. The molecule has 2 heterocycles. The van der Waals surface area contributed by atoms with Gasteiger partial charge >= 0.3 is 0 Å². The van der Waals surface area contributed by atoms with Crippen molar-refractivity contribution < 1.29 is 14.3 Å². The molecule has 0 bridgehead atoms. The molecule has 1 aromatic heterocycles. The Hall–Kier alpha value is -2.89. The Balaban J connectivity index is 1.60. The van der Waals surface area contributed by atoms with Crippen LogP contribution >= 0.6 is 0 Å². The second-order valence-electron chi connectivity index (χ2n) is 6.35. The fourth-order valence-corrected chi connectivity index (χ4v) is 3.08. The maximum atomic E-state index is 12.6. The van der Waals surface area contributed by atoms with Gasteiger partial charge in [-0.1, -0.05) is 24.3 Å². The van der Waals surface area contributed by atoms with Crippen LogP contribution in [0.25, 0.3) is 0 Å². The van der Waals surface area contributed by atoms with Crippen molar-refractivity contribution in [1.82, 2.24) is 15.2 Å². The Kier molecular flexibility index (Phi) is 5.84. The highest BCUT2D eigenvalue weighted by Gasteiger charge is 2.30. The first-order chi connectivity index (χ1) is 12.6. The Labute approximate surface area is 153 Å². The number of pyridine rings is 1. The lowest BCUT2D eigenvalue weighted by Crippen LogP contribution is -2.34. The molecule has 1 aromatic carbocycles. The molecule has 0 spiro atoms. The molecule has 0 aliphatic carbocycles. The van der Waals surface area contributed by atoms with Gasteiger partial charge in [-0.2, -0.15) is 0 Å². The fourth-order valence-electron chi connectivity index (χ4n) is 3.08. The molecule has 1 unspecified atom stereocenters. The van der Waals surface area contributed by atoms with E-state index in [0.29, 0.717) is 12.3 Å². The maximum absolute atomic E-state index is 12.6. The van der Waals surface area contributed by atoms with Crippen molar-refractivity contribution in [2.75, 3.05) is 13.2 Å². The van der Waals surface area contributed by atoms with Gasteiger partial charge in [0.15, 0.2) is 6.61 Å². The highest BCUT2D eigenvalue weighted by molar-refractivity contribution is 5.78. The van der Waals surface area contributed by atoms with Gasteiger partial charge in [-0.15, -0.1) is 0 Å². The summed E-state index contributed by atoms with van der Waals surface area (Å²) >= 11 is 0. The summed E-state index contributed by atoms with van der Waals surface area (Å²) in [6, 6.07) is 13.2. The summed E-state index contributed by atoms with van der Waals surface area (Å²) in [6.45, 7) is 2.69. The molecule has 1 aliphatic heterocycles. The number of nitrogens with zero attached hydrogens (tertiary/aromatic N) is 2. The molecule has 26 heavy (non-hydrogen) atoms. The van der Waals surface area contributed by atoms with E-state index in [1.165, 1.54) is 6.92 Å². The number of amides is 2. The SMILES string of the molecule is CC(=O)NCc1ccc(C2CCCN2C(=O)COc2ccccc2)nc1. The molecule has 1 fully saturated rings. The summed E-state index contributed by atoms with van der Waals surface area (Å²) in [5, 5.41) is 2.75. The minimum absolute atomic E-state index is 0.0170. The molecule has 2 amide bonds. The number of aromatic nitrogens is 1. The highest BCUT2D eigenvalue weighted by atomic mass is 16.5. The molecule has 1 atom stereocenters. The van der Waals surface area contributed by atoms with Gasteiger partial charge in [0, 0.05) is 26.2 Å². The van der Waals surface area contributed by atoms with Gasteiger partial charge in [0.05, 0.1) is 11.7 Å². The zero-order valence-corrected chi connectivity index (χ0v) is 14.9. The molecular weight excluding hydrogens is 330 g/mol. The summed E-state index contributed by atoms with van der Waals surface area (Å²) in [4.78, 5) is 29.9. The number of nitrogens with one attached hydrogen (secondary N) is 1. The third-order valence-corrected chi connectivity index (χ3v) is 4.41. The first kappa shape index (κ1) is 17.9. The molecular formula is C20H23N3O3. The largest absolute Gasteiger partial charge is 0.484 e. The molecule has 0 saturated carbocycles. The maximum Gasteiger partial charge on any atom is 0.261 e. The van der Waals surface area contributed by atoms with Crippen LogP contribution in [-0.2, 0) is 16.1 Å². The highest BCUT2D eigenvalue weighted by Crippen LogP contribution is 2.30. The van der Waals surface area contributed by atoms with Crippen LogP contribution in [0.2, 0.25) is 0 Å². The monoisotopic (exact) mass is 353 g/mol. The number of carbonyl (C=O) groups excluding carboxylic acids is 2. The van der Waals surface area contributed by atoms with E-state index in [4.69, 9.17) is 4.74 Å². The predicted molar refractivity (Wildman–Crippen MR) is 97.4 cm³/mol. The van der Waals surface area contributed by atoms with Gasteiger partial charge in [-0.3, -0.25) is 14.6 Å². The fraction of sp³-hybridized carbons (Fsp3) is 0.350. The van der Waals surface area contributed by atoms with E-state index < -0.39 is 0 Å². The van der Waals surface area contributed by atoms with E-state index in [0.717, 1.165) is 30.6 Å². The lowest BCUT2D eigenvalue weighted by atomic mass is 10.1. The van der Waals surface area contributed by atoms with Gasteiger partial charge < -0.3 is 15.0 Å². The molecule has 0 radical (unpaired) electrons. The lowest BCUT2D eigenvalue weighted by molar-refractivity contribution is -0.134. The Bertz CT molecular complexity index is 747. The van der Waals surface area contributed by atoms with Crippen LogP contribution in [0.5, 0.6) is 5.75 Å². The molecule has 1 aliphatic rings. The molecule has 3 rings (SSSR count). The minimum Gasteiger partial charge on any atom is -0.484 e. The van der Waals surface area contributed by atoms with E-state index in [2.05, 4.69) is 10.3 Å². The van der Waals surface area contributed by atoms with Crippen molar-refractivity contribution in [3.8, 4) is 5.75 Å². The van der Waals surface area contributed by atoms with Crippen LogP contribution < -0.4 is 10.1 Å². The minimum atomic E-state index is -0.0694. The summed E-state index contributed by atoms with van der Waals surface area (Å²) in [6.07, 6.45) is 3.61. The third kappa shape index (κ3) is 4.59. The standard InChI is InChI=1S/C20H23N3O3/c1-15(24)21-12-16-9-10-18(22-13-16)19-8-5-11-23(19)20(25)14-26-17-6-3-2-4-7-17/h2-4,6-7,9-10,13,19H,5,8,11-12,14H2,1H3,(H,21,24). The summed E-state index contributed by atoms with van der Waals surface area (Å²) in [5.41, 5.74) is 1.81. The van der Waals surface area contributed by atoms with Crippen molar-refractivity contribution >= 4 is 11.8 Å². The average molecular weight is 353 g/mol. The van der Waals surface area contributed by atoms with Crippen LogP contribution in [0.4, 0.5) is 0 Å². The second-order valence-corrected chi connectivity index (χ2v) is 6.35. The van der Waals surface area contributed by atoms with Gasteiger partial charge in [0.2, 0.25) is 5.91 Å². The lowest BCUT2D eigenvalue weighted by Gasteiger charge is -2.24. The summed E-state index contributed by atoms with van der Waals surface area (Å²) in [5.74, 6) is 0.595. The number of hydrogen-bond donors (Lipinski definition) is 1. The van der Waals surface area contributed by atoms with Crippen LogP contribution in [0, 0.1) is 0 Å². The van der Waals surface area contributed by atoms with Crippen molar-refractivity contribution in [3.63, 3.8) is 0 Å². The summed E-state index contributed by atoms with van der Waals surface area (Å²) in [7, 11) is 0. The quantitative estimate of drug-likeness (QED) is 0.866. The van der Waals surface area contributed by atoms with Gasteiger partial charge in [0.25, 0.3) is 5.91 Å². The molecule has 136 valence electrons. The topological polar surface area (TPSA) is 71.5 Å². The Morgan fingerprint density at radius 1 is 1.23 bits per heavy atom. The van der Waals surface area contributed by atoms with Gasteiger partial charge in [-0.25, -0.2) is 0 Å². The Morgan fingerprint density at radius 3 is 2.73 bits per heavy atom. The van der Waals surface area contributed by atoms with Crippen LogP contribution in [0.1, 0.15) is 37.1 Å². The van der Waals surface area contributed by atoms with Crippen molar-refractivity contribution in [2.45, 2.75) is 32.4 Å². The van der Waals surface area contributed by atoms with Crippen molar-refractivity contribution in [1.29, 1.82) is 0 Å². The first-order valence-corrected chi connectivity index (χ1v) is 8.80. The average Bonchev–Trinajstić information content (AvgIpc) is 3.15. The van der Waals surface area contributed by atoms with E-state index in [1.54, 1.807) is 6.20 Å². The van der Waals surface area contributed by atoms with Gasteiger partial charge in [0.1, 0.15) is 5.75 Å². The van der Waals surface area contributed by atoms with E-state index in [9.17, 15) is 9.59 Å². The second kappa shape index (κ2) is 8.47. The molecule has 1 saturated heterocycles. The number of likely N-dealkylation sites (tertiary alicyclic amines) is 1. The molecule has 2 aromatic rings. The van der Waals surface area contributed by atoms with E-state index >= 15 is 0 Å². The first-order valence-electron chi connectivity index (χ1n) is 8.80. The summed E-state index contributed by atoms with van der Waals surface area (Å²) < 4.78 is 5.59. The van der Waals surface area contributed by atoms with Crippen molar-refractivity contribution in [2.24, 2.45) is 0 Å². The van der Waals surface area contributed by atoms with Crippen LogP contribution in [-0.4, -0.2) is 34.8 Å². The zero-order chi connectivity index (χ0) is 18.4. The smallest absolute Gasteiger partial charge is 0.261 e. The van der Waals surface area contributed by atoms with Gasteiger partial charge in [-0.05, 0) is 36.6 Å². The molecule has 1 N–H and O–H groups in total. The van der Waals surface area contributed by atoms with E-state index in [-0.39, 0.29) is 24.5 Å². The van der Waals surface area contributed by atoms with E-state index in [1.807, 2.05) is 47.4 Å². The molecule has 6 heteroatoms. The number of para-hydroxylation sites is 1. The normalized spacial score (nSPS) is 16.3. The number of rotatable bonds is 6. The predicted octanol–water partition coefficient (Wildman–Crippen LogP) is 2.46.